The lowest BCUT2D eigenvalue weighted by atomic mass is 10.2. The number of amides is 1. The average molecular weight is 409 g/mol. The SMILES string of the molecule is Cc1ncsc1COc1ccc2nn(C)c(C(=O)NCc3cccc(O)n3)c2c1. The summed E-state index contributed by atoms with van der Waals surface area (Å²) in [6, 6.07) is 10.4. The zero-order chi connectivity index (χ0) is 20.4. The van der Waals surface area contributed by atoms with Crippen molar-refractivity contribution >= 4 is 28.1 Å². The molecule has 0 aliphatic carbocycles. The molecule has 0 aliphatic rings. The highest BCUT2D eigenvalue weighted by Gasteiger charge is 2.17. The Morgan fingerprint density at radius 1 is 1.31 bits per heavy atom. The van der Waals surface area contributed by atoms with Crippen LogP contribution < -0.4 is 10.1 Å². The van der Waals surface area contributed by atoms with Crippen LogP contribution in [0.5, 0.6) is 11.6 Å². The largest absolute Gasteiger partial charge is 0.493 e. The van der Waals surface area contributed by atoms with Gasteiger partial charge in [0, 0.05) is 18.5 Å². The van der Waals surface area contributed by atoms with Crippen LogP contribution in [0.1, 0.15) is 26.8 Å². The summed E-state index contributed by atoms with van der Waals surface area (Å²) in [7, 11) is 1.72. The molecule has 148 valence electrons. The summed E-state index contributed by atoms with van der Waals surface area (Å²) in [6.45, 7) is 2.57. The number of nitrogens with one attached hydrogen (secondary N) is 1. The third kappa shape index (κ3) is 4.04. The molecular formula is C20H19N5O3S. The van der Waals surface area contributed by atoms with Gasteiger partial charge in [-0.1, -0.05) is 6.07 Å². The Balaban J connectivity index is 1.54. The Morgan fingerprint density at radius 2 is 2.17 bits per heavy atom. The van der Waals surface area contributed by atoms with E-state index in [1.54, 1.807) is 40.7 Å². The second-order valence-electron chi connectivity index (χ2n) is 6.47. The van der Waals surface area contributed by atoms with Gasteiger partial charge in [0.05, 0.1) is 33.8 Å². The first kappa shape index (κ1) is 18.9. The number of aromatic hydroxyl groups is 1. The van der Waals surface area contributed by atoms with Gasteiger partial charge >= 0.3 is 0 Å². The van der Waals surface area contributed by atoms with Gasteiger partial charge in [0.15, 0.2) is 0 Å². The van der Waals surface area contributed by atoms with Crippen molar-refractivity contribution < 1.29 is 14.6 Å². The smallest absolute Gasteiger partial charge is 0.270 e. The molecule has 4 aromatic rings. The second kappa shape index (κ2) is 7.88. The summed E-state index contributed by atoms with van der Waals surface area (Å²) in [6.07, 6.45) is 0. The standard InChI is InChI=1S/C20H19N5O3S/c1-12-17(29-11-22-12)10-28-14-6-7-16-15(8-14)19(25(2)24-16)20(27)21-9-13-4-3-5-18(26)23-13/h3-8,11H,9-10H2,1-2H3,(H,21,27)(H,23,26). The lowest BCUT2D eigenvalue weighted by Crippen LogP contribution is -2.25. The maximum Gasteiger partial charge on any atom is 0.270 e. The molecule has 2 N–H and O–H groups in total. The molecule has 0 radical (unpaired) electrons. The summed E-state index contributed by atoms with van der Waals surface area (Å²) in [5, 5.41) is 17.4. The molecule has 1 aromatic carbocycles. The quantitative estimate of drug-likeness (QED) is 0.508. The summed E-state index contributed by atoms with van der Waals surface area (Å²) >= 11 is 1.55. The first-order chi connectivity index (χ1) is 14.0. The predicted molar refractivity (Wildman–Crippen MR) is 109 cm³/mol. The molecule has 0 atom stereocenters. The number of thiazole rings is 1. The van der Waals surface area contributed by atoms with Crippen LogP contribution in [0.15, 0.2) is 41.9 Å². The summed E-state index contributed by atoms with van der Waals surface area (Å²) < 4.78 is 7.44. The first-order valence-corrected chi connectivity index (χ1v) is 9.81. The number of rotatable bonds is 6. The van der Waals surface area contributed by atoms with Crippen LogP contribution in [0.3, 0.4) is 0 Å². The molecule has 0 spiro atoms. The Labute approximate surface area is 170 Å². The highest BCUT2D eigenvalue weighted by molar-refractivity contribution is 7.09. The van der Waals surface area contributed by atoms with Crippen molar-refractivity contribution in [3.63, 3.8) is 0 Å². The van der Waals surface area contributed by atoms with E-state index >= 15 is 0 Å². The highest BCUT2D eigenvalue weighted by Crippen LogP contribution is 2.25. The monoisotopic (exact) mass is 409 g/mol. The molecule has 3 heterocycles. The van der Waals surface area contributed by atoms with Crippen LogP contribution in [-0.4, -0.2) is 30.8 Å². The molecule has 0 unspecified atom stereocenters. The van der Waals surface area contributed by atoms with Gasteiger partial charge in [-0.3, -0.25) is 9.48 Å². The molecule has 3 aromatic heterocycles. The van der Waals surface area contributed by atoms with Gasteiger partial charge in [0.2, 0.25) is 5.88 Å². The van der Waals surface area contributed by atoms with Crippen molar-refractivity contribution in [2.75, 3.05) is 0 Å². The molecule has 1 amide bonds. The number of fused-ring (bicyclic) bond motifs is 1. The molecule has 9 heteroatoms. The van der Waals surface area contributed by atoms with Crippen molar-refractivity contribution in [3.8, 4) is 11.6 Å². The Morgan fingerprint density at radius 3 is 2.93 bits per heavy atom. The molecule has 0 fully saturated rings. The zero-order valence-corrected chi connectivity index (χ0v) is 16.7. The van der Waals surface area contributed by atoms with Crippen molar-refractivity contribution in [1.29, 1.82) is 0 Å². The van der Waals surface area contributed by atoms with E-state index in [-0.39, 0.29) is 18.3 Å². The van der Waals surface area contributed by atoms with Gasteiger partial charge in [0.25, 0.3) is 5.91 Å². The van der Waals surface area contributed by atoms with Crippen LogP contribution in [0, 0.1) is 6.92 Å². The summed E-state index contributed by atoms with van der Waals surface area (Å²) in [5.74, 6) is 0.290. The second-order valence-corrected chi connectivity index (χ2v) is 7.41. The fraction of sp³-hybridized carbons (Fsp3) is 0.200. The lowest BCUT2D eigenvalue weighted by molar-refractivity contribution is 0.0942. The molecule has 8 nitrogen and oxygen atoms in total. The van der Waals surface area contributed by atoms with Gasteiger partial charge < -0.3 is 15.2 Å². The lowest BCUT2D eigenvalue weighted by Gasteiger charge is -2.07. The molecule has 0 bridgehead atoms. The fourth-order valence-electron chi connectivity index (χ4n) is 2.97. The van der Waals surface area contributed by atoms with Gasteiger partial charge in [0.1, 0.15) is 18.1 Å². The number of ether oxygens (including phenoxy) is 1. The number of aromatic nitrogens is 4. The molecule has 0 aliphatic heterocycles. The number of pyridine rings is 1. The first-order valence-electron chi connectivity index (χ1n) is 8.93. The summed E-state index contributed by atoms with van der Waals surface area (Å²) in [5.41, 5.74) is 4.45. The van der Waals surface area contributed by atoms with E-state index in [1.807, 2.05) is 25.1 Å². The Kier molecular flexibility index (Phi) is 5.13. The number of aryl methyl sites for hydroxylation is 2. The number of hydrogen-bond acceptors (Lipinski definition) is 7. The number of carbonyl (C=O) groups is 1. The van der Waals surface area contributed by atoms with Gasteiger partial charge in [-0.2, -0.15) is 5.10 Å². The molecule has 4 rings (SSSR count). The van der Waals surface area contributed by atoms with Crippen molar-refractivity contribution in [2.45, 2.75) is 20.1 Å². The molecule has 0 saturated heterocycles. The Bertz CT molecular complexity index is 1180. The zero-order valence-electron chi connectivity index (χ0n) is 15.9. The molecule has 0 saturated carbocycles. The van der Waals surface area contributed by atoms with E-state index in [2.05, 4.69) is 20.4 Å². The average Bonchev–Trinajstić information content (AvgIpc) is 3.26. The molecule has 29 heavy (non-hydrogen) atoms. The number of carbonyl (C=O) groups excluding carboxylic acids is 1. The van der Waals surface area contributed by atoms with Crippen molar-refractivity contribution in [3.05, 3.63) is 63.9 Å². The van der Waals surface area contributed by atoms with Gasteiger partial charge in [-0.05, 0) is 31.2 Å². The Hall–Kier alpha value is -3.46. The normalized spacial score (nSPS) is 11.0. The number of benzene rings is 1. The number of hydrogen-bond donors (Lipinski definition) is 2. The van der Waals surface area contributed by atoms with E-state index in [0.717, 1.165) is 10.6 Å². The minimum Gasteiger partial charge on any atom is -0.493 e. The highest BCUT2D eigenvalue weighted by atomic mass is 32.1. The van der Waals surface area contributed by atoms with Crippen LogP contribution in [-0.2, 0) is 20.2 Å². The van der Waals surface area contributed by atoms with E-state index < -0.39 is 0 Å². The van der Waals surface area contributed by atoms with Crippen LogP contribution in [0.4, 0.5) is 0 Å². The topological polar surface area (TPSA) is 102 Å². The van der Waals surface area contributed by atoms with E-state index in [9.17, 15) is 9.90 Å². The van der Waals surface area contributed by atoms with E-state index in [1.165, 1.54) is 6.07 Å². The number of nitrogens with zero attached hydrogens (tertiary/aromatic N) is 4. The maximum atomic E-state index is 12.8. The molecular weight excluding hydrogens is 390 g/mol. The van der Waals surface area contributed by atoms with E-state index in [0.29, 0.717) is 34.6 Å². The minimum absolute atomic E-state index is 0.0827. The third-order valence-electron chi connectivity index (χ3n) is 4.46. The van der Waals surface area contributed by atoms with Crippen LogP contribution in [0.25, 0.3) is 10.9 Å². The maximum absolute atomic E-state index is 12.8. The predicted octanol–water partition coefficient (Wildman–Crippen LogP) is 2.95. The van der Waals surface area contributed by atoms with Gasteiger partial charge in [-0.25, -0.2) is 9.97 Å². The van der Waals surface area contributed by atoms with Crippen LogP contribution >= 0.6 is 11.3 Å². The third-order valence-corrected chi connectivity index (χ3v) is 5.37. The summed E-state index contributed by atoms with van der Waals surface area (Å²) in [4.78, 5) is 22.0. The van der Waals surface area contributed by atoms with Crippen molar-refractivity contribution in [1.82, 2.24) is 25.1 Å². The van der Waals surface area contributed by atoms with E-state index in [4.69, 9.17) is 4.74 Å². The van der Waals surface area contributed by atoms with Crippen LogP contribution in [0.2, 0.25) is 0 Å². The fourth-order valence-corrected chi connectivity index (χ4v) is 3.66. The van der Waals surface area contributed by atoms with Gasteiger partial charge in [-0.15, -0.1) is 11.3 Å². The van der Waals surface area contributed by atoms with Crippen molar-refractivity contribution in [2.24, 2.45) is 7.05 Å². The minimum atomic E-state index is -0.282.